The van der Waals surface area contributed by atoms with Gasteiger partial charge in [0.2, 0.25) is 0 Å². The normalized spacial score (nSPS) is 14.9. The number of hydrogen-bond donors (Lipinski definition) is 2. The summed E-state index contributed by atoms with van der Waals surface area (Å²) in [6.45, 7) is 4.16. The van der Waals surface area contributed by atoms with E-state index in [9.17, 15) is 19.4 Å². The van der Waals surface area contributed by atoms with Gasteiger partial charge in [0.25, 0.3) is 0 Å². The Hall–Kier alpha value is -3.06. The zero-order valence-corrected chi connectivity index (χ0v) is 16.8. The third-order valence-corrected chi connectivity index (χ3v) is 5.46. The number of benzene rings is 2. The molecule has 2 N–H and O–H groups in total. The van der Waals surface area contributed by atoms with Crippen LogP contribution in [0.15, 0.2) is 34.7 Å². The maximum Gasteiger partial charge on any atom is 0.342 e. The first kappa shape index (κ1) is 20.2. The molecule has 1 fully saturated rings. The Morgan fingerprint density at radius 3 is 2.57 bits per heavy atom. The van der Waals surface area contributed by atoms with Crippen LogP contribution in [-0.4, -0.2) is 40.8 Å². The Morgan fingerprint density at radius 1 is 1.13 bits per heavy atom. The number of ether oxygens (including phenoxy) is 1. The fourth-order valence-corrected chi connectivity index (χ4v) is 4.00. The number of halogens is 1. The number of aromatic hydroxyl groups is 2. The summed E-state index contributed by atoms with van der Waals surface area (Å²) in [7, 11) is 0. The van der Waals surface area contributed by atoms with E-state index in [0.717, 1.165) is 32.0 Å². The average molecular weight is 413 g/mol. The van der Waals surface area contributed by atoms with Crippen LogP contribution in [0.1, 0.15) is 42.1 Å². The van der Waals surface area contributed by atoms with Crippen LogP contribution in [0.25, 0.3) is 22.3 Å². The van der Waals surface area contributed by atoms with E-state index in [2.05, 4.69) is 4.90 Å². The molecule has 6 nitrogen and oxygen atoms in total. The summed E-state index contributed by atoms with van der Waals surface area (Å²) >= 11 is 0. The molecule has 1 aromatic heterocycles. The van der Waals surface area contributed by atoms with Crippen LogP contribution < -0.4 is 0 Å². The lowest BCUT2D eigenvalue weighted by Crippen LogP contribution is -2.29. The minimum atomic E-state index is -0.820. The van der Waals surface area contributed by atoms with Gasteiger partial charge in [0.05, 0.1) is 6.61 Å². The topological polar surface area (TPSA) is 83.1 Å². The van der Waals surface area contributed by atoms with Gasteiger partial charge in [-0.3, -0.25) is 4.90 Å². The SMILES string of the molecule is CCOC(=O)c1c(-c2ccc(O)c(F)c2)oc2ccc(O)c(CN3CCCCC3)c12. The van der Waals surface area contributed by atoms with Gasteiger partial charge in [-0.15, -0.1) is 0 Å². The number of carbonyl (C=O) groups excluding carboxylic acids is 1. The lowest BCUT2D eigenvalue weighted by molar-refractivity contribution is 0.0528. The average Bonchev–Trinajstić information content (AvgIpc) is 3.13. The van der Waals surface area contributed by atoms with Crippen LogP contribution >= 0.6 is 0 Å². The predicted octanol–water partition coefficient (Wildman–Crippen LogP) is 4.81. The van der Waals surface area contributed by atoms with Crippen LogP contribution in [0.3, 0.4) is 0 Å². The Kier molecular flexibility index (Phi) is 5.63. The van der Waals surface area contributed by atoms with Gasteiger partial charge in [-0.2, -0.15) is 0 Å². The van der Waals surface area contributed by atoms with Crippen LogP contribution in [-0.2, 0) is 11.3 Å². The number of piperidine rings is 1. The van der Waals surface area contributed by atoms with Crippen LogP contribution in [0.4, 0.5) is 4.39 Å². The summed E-state index contributed by atoms with van der Waals surface area (Å²) < 4.78 is 25.2. The van der Waals surface area contributed by atoms with Crippen LogP contribution in [0, 0.1) is 5.82 Å². The first-order valence-electron chi connectivity index (χ1n) is 10.1. The van der Waals surface area contributed by atoms with Crippen molar-refractivity contribution >= 4 is 16.9 Å². The standard InChI is InChI=1S/C23H24FNO5/c1-2-29-23(28)21-20-15(13-25-10-4-3-5-11-25)17(26)8-9-19(20)30-22(21)14-6-7-18(27)16(24)12-14/h6-9,12,26-27H,2-5,10-11,13H2,1H3. The number of rotatable bonds is 5. The van der Waals surface area contributed by atoms with E-state index in [4.69, 9.17) is 9.15 Å². The van der Waals surface area contributed by atoms with Crippen molar-refractivity contribution in [2.45, 2.75) is 32.7 Å². The lowest BCUT2D eigenvalue weighted by Gasteiger charge is -2.27. The van der Waals surface area contributed by atoms with E-state index >= 15 is 0 Å². The van der Waals surface area contributed by atoms with Gasteiger partial charge in [-0.05, 0) is 63.2 Å². The molecule has 30 heavy (non-hydrogen) atoms. The molecule has 0 radical (unpaired) electrons. The number of nitrogens with zero attached hydrogens (tertiary/aromatic N) is 1. The summed E-state index contributed by atoms with van der Waals surface area (Å²) in [6, 6.07) is 6.93. The zero-order valence-electron chi connectivity index (χ0n) is 16.8. The van der Waals surface area contributed by atoms with Gasteiger partial charge in [0.15, 0.2) is 11.6 Å². The summed E-state index contributed by atoms with van der Waals surface area (Å²) in [5.41, 5.74) is 1.45. The Balaban J connectivity index is 1.91. The van der Waals surface area contributed by atoms with Gasteiger partial charge in [0, 0.05) is 23.1 Å². The molecule has 158 valence electrons. The van der Waals surface area contributed by atoms with E-state index in [0.29, 0.717) is 28.6 Å². The van der Waals surface area contributed by atoms with Gasteiger partial charge in [0.1, 0.15) is 22.7 Å². The molecule has 2 aromatic carbocycles. The molecule has 0 saturated carbocycles. The van der Waals surface area contributed by atoms with Crippen LogP contribution in [0.2, 0.25) is 0 Å². The molecule has 1 saturated heterocycles. The minimum absolute atomic E-state index is 0.0721. The molecule has 0 bridgehead atoms. The largest absolute Gasteiger partial charge is 0.508 e. The number of carbonyl (C=O) groups is 1. The molecule has 0 amide bonds. The Bertz CT molecular complexity index is 1080. The molecule has 0 atom stereocenters. The van der Waals surface area contributed by atoms with Crippen molar-refractivity contribution in [1.82, 2.24) is 4.90 Å². The molecule has 3 aromatic rings. The first-order valence-corrected chi connectivity index (χ1v) is 10.1. The number of phenols is 2. The first-order chi connectivity index (χ1) is 14.5. The molecule has 0 unspecified atom stereocenters. The van der Waals surface area contributed by atoms with E-state index in [1.165, 1.54) is 18.6 Å². The summed E-state index contributed by atoms with van der Waals surface area (Å²) in [5.74, 6) is -1.70. The summed E-state index contributed by atoms with van der Waals surface area (Å²) in [4.78, 5) is 15.1. The second-order valence-electron chi connectivity index (χ2n) is 7.47. The minimum Gasteiger partial charge on any atom is -0.508 e. The fourth-order valence-electron chi connectivity index (χ4n) is 4.00. The van der Waals surface area contributed by atoms with Gasteiger partial charge < -0.3 is 19.4 Å². The van der Waals surface area contributed by atoms with Crippen molar-refractivity contribution in [3.05, 3.63) is 47.3 Å². The van der Waals surface area contributed by atoms with E-state index in [1.807, 2.05) is 0 Å². The van der Waals surface area contributed by atoms with Crippen LogP contribution in [0.5, 0.6) is 11.5 Å². The second kappa shape index (κ2) is 8.36. The number of esters is 1. The van der Waals surface area contributed by atoms with Crippen molar-refractivity contribution in [2.24, 2.45) is 0 Å². The monoisotopic (exact) mass is 413 g/mol. The van der Waals surface area contributed by atoms with Gasteiger partial charge in [-0.25, -0.2) is 9.18 Å². The maximum atomic E-state index is 14.0. The summed E-state index contributed by atoms with van der Waals surface area (Å²) in [6.07, 6.45) is 3.36. The van der Waals surface area contributed by atoms with E-state index < -0.39 is 17.5 Å². The quantitative estimate of drug-likeness (QED) is 0.584. The molecule has 2 heterocycles. The van der Waals surface area contributed by atoms with Crippen molar-refractivity contribution < 1.29 is 28.6 Å². The molecule has 4 rings (SSSR count). The second-order valence-corrected chi connectivity index (χ2v) is 7.47. The third kappa shape index (κ3) is 3.73. The molecular formula is C23H24FNO5. The number of furan rings is 1. The number of likely N-dealkylation sites (tertiary alicyclic amines) is 1. The smallest absolute Gasteiger partial charge is 0.342 e. The number of phenolic OH excluding ortho intramolecular Hbond substituents is 2. The predicted molar refractivity (Wildman–Crippen MR) is 110 cm³/mol. The van der Waals surface area contributed by atoms with E-state index in [-0.39, 0.29) is 23.7 Å². The van der Waals surface area contributed by atoms with E-state index in [1.54, 1.807) is 19.1 Å². The molecule has 7 heteroatoms. The highest BCUT2D eigenvalue weighted by atomic mass is 19.1. The Labute approximate surface area is 173 Å². The fraction of sp³-hybridized carbons (Fsp3) is 0.348. The van der Waals surface area contributed by atoms with Gasteiger partial charge in [-0.1, -0.05) is 6.42 Å². The molecular weight excluding hydrogens is 389 g/mol. The van der Waals surface area contributed by atoms with Crippen molar-refractivity contribution in [3.8, 4) is 22.8 Å². The summed E-state index contributed by atoms with van der Waals surface area (Å²) in [5, 5.41) is 20.6. The zero-order chi connectivity index (χ0) is 21.3. The van der Waals surface area contributed by atoms with Crippen molar-refractivity contribution in [2.75, 3.05) is 19.7 Å². The lowest BCUT2D eigenvalue weighted by atomic mass is 9.99. The van der Waals surface area contributed by atoms with Crippen molar-refractivity contribution in [1.29, 1.82) is 0 Å². The molecule has 0 spiro atoms. The molecule has 0 aliphatic carbocycles. The number of fused-ring (bicyclic) bond motifs is 1. The van der Waals surface area contributed by atoms with Crippen molar-refractivity contribution in [3.63, 3.8) is 0 Å². The molecule has 1 aliphatic heterocycles. The highest BCUT2D eigenvalue weighted by molar-refractivity contribution is 6.10. The van der Waals surface area contributed by atoms with Gasteiger partial charge >= 0.3 is 5.97 Å². The highest BCUT2D eigenvalue weighted by Gasteiger charge is 2.28. The maximum absolute atomic E-state index is 14.0. The third-order valence-electron chi connectivity index (χ3n) is 5.46. The highest BCUT2D eigenvalue weighted by Crippen LogP contribution is 2.40. The molecule has 1 aliphatic rings. The number of hydrogen-bond acceptors (Lipinski definition) is 6. The Morgan fingerprint density at radius 2 is 1.87 bits per heavy atom.